The Hall–Kier alpha value is -1.82. The van der Waals surface area contributed by atoms with Gasteiger partial charge in [-0.05, 0) is 47.1 Å². The Labute approximate surface area is 124 Å². The van der Waals surface area contributed by atoms with Gasteiger partial charge in [-0.25, -0.2) is 4.39 Å². The third-order valence-electron chi connectivity index (χ3n) is 2.85. The fourth-order valence-electron chi connectivity index (χ4n) is 1.81. The lowest BCUT2D eigenvalue weighted by Gasteiger charge is -2.17. The van der Waals surface area contributed by atoms with Gasteiger partial charge in [0.1, 0.15) is 17.3 Å². The van der Waals surface area contributed by atoms with Gasteiger partial charge in [0.25, 0.3) is 5.91 Å². The van der Waals surface area contributed by atoms with Gasteiger partial charge in [-0.15, -0.1) is 0 Å². The number of carbonyl (C=O) groups is 1. The molecule has 2 N–H and O–H groups in total. The average molecular weight is 341 g/mol. The van der Waals surface area contributed by atoms with E-state index < -0.39 is 5.82 Å². The molecule has 0 aliphatic heterocycles. The summed E-state index contributed by atoms with van der Waals surface area (Å²) >= 11 is 3.17. The molecule has 1 aromatic heterocycles. The molecule has 0 unspecified atom stereocenters. The Bertz CT molecular complexity index is 655. The van der Waals surface area contributed by atoms with Gasteiger partial charge >= 0.3 is 0 Å². The van der Waals surface area contributed by atoms with E-state index in [-0.39, 0.29) is 11.6 Å². The van der Waals surface area contributed by atoms with Gasteiger partial charge in [-0.3, -0.25) is 4.79 Å². The summed E-state index contributed by atoms with van der Waals surface area (Å²) < 4.78 is 19.1. The Morgan fingerprint density at radius 2 is 2.15 bits per heavy atom. The zero-order valence-electron chi connectivity index (χ0n) is 11.1. The van der Waals surface area contributed by atoms with Crippen LogP contribution in [0.1, 0.15) is 21.9 Å². The average Bonchev–Trinajstić information content (AvgIpc) is 2.78. The van der Waals surface area contributed by atoms with Gasteiger partial charge in [-0.1, -0.05) is 0 Å². The van der Waals surface area contributed by atoms with E-state index in [9.17, 15) is 9.18 Å². The largest absolute Gasteiger partial charge is 0.464 e. The number of furan rings is 1. The van der Waals surface area contributed by atoms with Crippen LogP contribution < -0.4 is 5.73 Å². The molecule has 2 rings (SSSR count). The Kier molecular flexibility index (Phi) is 4.13. The second kappa shape index (κ2) is 5.66. The molecule has 20 heavy (non-hydrogen) atoms. The molecule has 1 aromatic carbocycles. The minimum Gasteiger partial charge on any atom is -0.464 e. The topological polar surface area (TPSA) is 59.5 Å². The second-order valence-corrected chi connectivity index (χ2v) is 5.38. The van der Waals surface area contributed by atoms with Crippen LogP contribution in [0.3, 0.4) is 0 Å². The van der Waals surface area contributed by atoms with Crippen molar-refractivity contribution in [3.63, 3.8) is 0 Å². The van der Waals surface area contributed by atoms with Crippen LogP contribution in [-0.4, -0.2) is 17.9 Å². The number of halogens is 2. The summed E-state index contributed by atoms with van der Waals surface area (Å²) in [6, 6.07) is 6.16. The van der Waals surface area contributed by atoms with Crippen molar-refractivity contribution < 1.29 is 13.6 Å². The van der Waals surface area contributed by atoms with E-state index >= 15 is 0 Å². The van der Waals surface area contributed by atoms with Gasteiger partial charge in [0.2, 0.25) is 0 Å². The van der Waals surface area contributed by atoms with Crippen LogP contribution in [0.25, 0.3) is 0 Å². The Balaban J connectivity index is 2.20. The van der Waals surface area contributed by atoms with Crippen molar-refractivity contribution in [3.8, 4) is 0 Å². The molecule has 0 aliphatic carbocycles. The zero-order chi connectivity index (χ0) is 14.9. The number of hydrogen-bond donors (Lipinski definition) is 1. The highest BCUT2D eigenvalue weighted by Gasteiger charge is 2.18. The number of hydrogen-bond acceptors (Lipinski definition) is 3. The molecule has 4 nitrogen and oxygen atoms in total. The lowest BCUT2D eigenvalue weighted by Crippen LogP contribution is -2.26. The molecule has 0 aliphatic rings. The number of rotatable bonds is 3. The summed E-state index contributed by atoms with van der Waals surface area (Å²) in [7, 11) is 1.65. The lowest BCUT2D eigenvalue weighted by atomic mass is 10.1. The molecule has 0 spiro atoms. The van der Waals surface area contributed by atoms with Gasteiger partial charge in [0, 0.05) is 11.5 Å². The molecule has 0 fully saturated rings. The highest BCUT2D eigenvalue weighted by Crippen LogP contribution is 2.24. The summed E-state index contributed by atoms with van der Waals surface area (Å²) in [4.78, 5) is 13.8. The molecule has 0 bridgehead atoms. The van der Waals surface area contributed by atoms with Crippen LogP contribution in [-0.2, 0) is 6.54 Å². The molecular weight excluding hydrogens is 327 g/mol. The molecule has 106 valence electrons. The number of aryl methyl sites for hydroxylation is 1. The fourth-order valence-corrected chi connectivity index (χ4v) is 2.30. The lowest BCUT2D eigenvalue weighted by molar-refractivity contribution is 0.0774. The molecule has 1 heterocycles. The van der Waals surface area contributed by atoms with E-state index in [1.807, 2.05) is 19.1 Å². The fraction of sp³-hybridized carbons (Fsp3) is 0.214. The van der Waals surface area contributed by atoms with Crippen LogP contribution >= 0.6 is 15.9 Å². The predicted molar refractivity (Wildman–Crippen MR) is 77.8 cm³/mol. The summed E-state index contributed by atoms with van der Waals surface area (Å²) in [6.07, 6.45) is 0. The summed E-state index contributed by atoms with van der Waals surface area (Å²) in [5.41, 5.74) is 5.76. The van der Waals surface area contributed by atoms with E-state index in [0.717, 1.165) is 5.76 Å². The monoisotopic (exact) mass is 340 g/mol. The molecule has 2 aromatic rings. The quantitative estimate of drug-likeness (QED) is 0.871. The molecule has 6 heteroatoms. The first-order valence-corrected chi connectivity index (χ1v) is 6.73. The number of nitrogens with zero attached hydrogens (tertiary/aromatic N) is 1. The summed E-state index contributed by atoms with van der Waals surface area (Å²) in [5, 5.41) is 0. The van der Waals surface area contributed by atoms with E-state index in [1.165, 1.54) is 17.0 Å². The van der Waals surface area contributed by atoms with Crippen molar-refractivity contribution in [2.75, 3.05) is 12.8 Å². The number of nitrogens with two attached hydrogens (primary N) is 1. The number of nitrogen functional groups attached to an aromatic ring is 1. The maximum absolute atomic E-state index is 13.3. The third kappa shape index (κ3) is 3.01. The minimum atomic E-state index is -0.558. The highest BCUT2D eigenvalue weighted by atomic mass is 79.9. The Morgan fingerprint density at radius 3 is 2.75 bits per heavy atom. The van der Waals surface area contributed by atoms with Crippen LogP contribution in [0.5, 0.6) is 0 Å². The number of benzene rings is 1. The molecular formula is C14H14BrFN2O2. The molecule has 0 atom stereocenters. The maximum atomic E-state index is 13.3. The first-order valence-electron chi connectivity index (χ1n) is 5.93. The van der Waals surface area contributed by atoms with Gasteiger partial charge in [0.05, 0.1) is 17.8 Å². The maximum Gasteiger partial charge on any atom is 0.255 e. The van der Waals surface area contributed by atoms with Crippen molar-refractivity contribution in [2.24, 2.45) is 0 Å². The van der Waals surface area contributed by atoms with Crippen molar-refractivity contribution in [2.45, 2.75) is 13.5 Å². The molecule has 1 amide bonds. The predicted octanol–water partition coefficient (Wildman–Crippen LogP) is 3.34. The van der Waals surface area contributed by atoms with E-state index in [0.29, 0.717) is 22.3 Å². The first-order chi connectivity index (χ1) is 9.38. The summed E-state index contributed by atoms with van der Waals surface area (Å²) in [6.45, 7) is 2.17. The standard InChI is InChI=1S/C14H14BrFN2O2/c1-8-3-4-9(20-8)7-18(2)14(19)10-5-13(17)12(16)6-11(10)15/h3-6H,7,17H2,1-2H3. The minimum absolute atomic E-state index is 0.0567. The molecule has 0 radical (unpaired) electrons. The second-order valence-electron chi connectivity index (χ2n) is 4.53. The van der Waals surface area contributed by atoms with Crippen molar-refractivity contribution in [1.29, 1.82) is 0 Å². The van der Waals surface area contributed by atoms with Crippen LogP contribution in [0, 0.1) is 12.7 Å². The normalized spacial score (nSPS) is 10.6. The highest BCUT2D eigenvalue weighted by molar-refractivity contribution is 9.10. The summed E-state index contributed by atoms with van der Waals surface area (Å²) in [5.74, 6) is 0.646. The number of anilines is 1. The zero-order valence-corrected chi connectivity index (χ0v) is 12.7. The van der Waals surface area contributed by atoms with Crippen molar-refractivity contribution >= 4 is 27.5 Å². The van der Waals surface area contributed by atoms with Crippen LogP contribution in [0.4, 0.5) is 10.1 Å². The van der Waals surface area contributed by atoms with Crippen molar-refractivity contribution in [1.82, 2.24) is 4.90 Å². The van der Waals surface area contributed by atoms with Gasteiger partial charge in [-0.2, -0.15) is 0 Å². The third-order valence-corrected chi connectivity index (χ3v) is 3.51. The smallest absolute Gasteiger partial charge is 0.255 e. The van der Waals surface area contributed by atoms with Gasteiger partial charge < -0.3 is 15.1 Å². The van der Waals surface area contributed by atoms with Gasteiger partial charge in [0.15, 0.2) is 0 Å². The van der Waals surface area contributed by atoms with Crippen LogP contribution in [0.15, 0.2) is 33.2 Å². The first kappa shape index (κ1) is 14.6. The number of carbonyl (C=O) groups excluding carboxylic acids is 1. The van der Waals surface area contributed by atoms with Crippen LogP contribution in [0.2, 0.25) is 0 Å². The van der Waals surface area contributed by atoms with Crippen molar-refractivity contribution in [3.05, 3.63) is 51.6 Å². The van der Waals surface area contributed by atoms with E-state index in [2.05, 4.69) is 15.9 Å². The molecule has 0 saturated carbocycles. The van der Waals surface area contributed by atoms with E-state index in [1.54, 1.807) is 7.05 Å². The number of amides is 1. The molecule has 0 saturated heterocycles. The Morgan fingerprint density at radius 1 is 1.45 bits per heavy atom. The SMILES string of the molecule is Cc1ccc(CN(C)C(=O)c2cc(N)c(F)cc2Br)o1. The van der Waals surface area contributed by atoms with E-state index in [4.69, 9.17) is 10.2 Å².